The SMILES string of the molecule is Cc1cc(-c2cc(C(=O)NNC(=O)C3COc4ccccc4O3)c3c(C)noc3n2)c(C)o1. The maximum absolute atomic E-state index is 13.0. The lowest BCUT2D eigenvalue weighted by atomic mass is 10.1. The number of benzene rings is 1. The van der Waals surface area contributed by atoms with Crippen molar-refractivity contribution in [3.05, 3.63) is 59.2 Å². The van der Waals surface area contributed by atoms with Gasteiger partial charge in [0.1, 0.15) is 18.1 Å². The van der Waals surface area contributed by atoms with Crippen molar-refractivity contribution in [3.8, 4) is 22.8 Å². The molecule has 1 aliphatic rings. The van der Waals surface area contributed by atoms with Gasteiger partial charge in [0.15, 0.2) is 11.5 Å². The Morgan fingerprint density at radius 3 is 2.61 bits per heavy atom. The van der Waals surface area contributed by atoms with Crippen molar-refractivity contribution in [3.63, 3.8) is 0 Å². The minimum absolute atomic E-state index is 0.0201. The number of hydrogen-bond acceptors (Lipinski definition) is 8. The molecule has 0 saturated carbocycles. The smallest absolute Gasteiger partial charge is 0.283 e. The summed E-state index contributed by atoms with van der Waals surface area (Å²) in [6, 6.07) is 10.5. The topological polar surface area (TPSA) is 129 Å². The standard InChI is InChI=1S/C23H20N4O6/c1-11-8-14(13(3)31-11)16-9-15(20-12(2)27-33-23(20)24-16)21(28)25-26-22(29)19-10-30-17-6-4-5-7-18(17)32-19/h4-9,19H,10H2,1-3H3,(H,25,28)(H,26,29). The summed E-state index contributed by atoms with van der Waals surface area (Å²) in [5.41, 5.74) is 7.01. The first-order valence-corrected chi connectivity index (χ1v) is 10.2. The molecule has 5 rings (SSSR count). The summed E-state index contributed by atoms with van der Waals surface area (Å²) in [4.78, 5) is 30.1. The third-order valence-corrected chi connectivity index (χ3v) is 5.28. The van der Waals surface area contributed by atoms with E-state index in [-0.39, 0.29) is 17.9 Å². The largest absolute Gasteiger partial charge is 0.485 e. The molecule has 2 N–H and O–H groups in total. The highest BCUT2D eigenvalue weighted by Gasteiger charge is 2.28. The molecule has 0 fully saturated rings. The number of para-hydroxylation sites is 2. The predicted molar refractivity (Wildman–Crippen MR) is 116 cm³/mol. The number of pyridine rings is 1. The van der Waals surface area contributed by atoms with Crippen molar-refractivity contribution in [1.82, 2.24) is 21.0 Å². The van der Waals surface area contributed by atoms with E-state index in [1.54, 1.807) is 31.2 Å². The Kier molecular flexibility index (Phi) is 4.97. The summed E-state index contributed by atoms with van der Waals surface area (Å²) < 4.78 is 22.1. The van der Waals surface area contributed by atoms with Gasteiger partial charge < -0.3 is 18.4 Å². The molecule has 1 unspecified atom stereocenters. The third-order valence-electron chi connectivity index (χ3n) is 5.28. The molecular weight excluding hydrogens is 428 g/mol. The van der Waals surface area contributed by atoms with E-state index in [1.165, 1.54) is 0 Å². The third kappa shape index (κ3) is 3.75. The Bertz CT molecular complexity index is 1390. The second kappa shape index (κ2) is 7.97. The number of fused-ring (bicyclic) bond motifs is 2. The van der Waals surface area contributed by atoms with Crippen LogP contribution in [0.3, 0.4) is 0 Å². The Balaban J connectivity index is 1.37. The van der Waals surface area contributed by atoms with E-state index in [4.69, 9.17) is 18.4 Å². The zero-order valence-electron chi connectivity index (χ0n) is 18.1. The lowest BCUT2D eigenvalue weighted by molar-refractivity contribution is -0.131. The number of nitrogens with zero attached hydrogens (tertiary/aromatic N) is 2. The molecule has 4 aromatic rings. The number of amides is 2. The number of ether oxygens (including phenoxy) is 2. The van der Waals surface area contributed by atoms with Crippen LogP contribution in [0.5, 0.6) is 11.5 Å². The van der Waals surface area contributed by atoms with E-state index < -0.39 is 17.9 Å². The molecule has 0 bridgehead atoms. The fourth-order valence-electron chi connectivity index (χ4n) is 3.71. The van der Waals surface area contributed by atoms with Gasteiger partial charge in [-0.3, -0.25) is 20.4 Å². The summed E-state index contributed by atoms with van der Waals surface area (Å²) in [6.07, 6.45) is -0.915. The van der Waals surface area contributed by atoms with Crippen LogP contribution < -0.4 is 20.3 Å². The van der Waals surface area contributed by atoms with Crippen LogP contribution in [0.15, 0.2) is 45.3 Å². The summed E-state index contributed by atoms with van der Waals surface area (Å²) in [5.74, 6) is 1.29. The number of carbonyl (C=O) groups is 2. The molecule has 0 radical (unpaired) electrons. The van der Waals surface area contributed by atoms with Crippen molar-refractivity contribution in [1.29, 1.82) is 0 Å². The second-order valence-electron chi connectivity index (χ2n) is 7.64. The van der Waals surface area contributed by atoms with Crippen molar-refractivity contribution in [2.45, 2.75) is 26.9 Å². The molecule has 1 atom stereocenters. The number of aromatic nitrogens is 2. The normalized spacial score (nSPS) is 14.8. The zero-order valence-corrected chi connectivity index (χ0v) is 18.1. The van der Waals surface area contributed by atoms with Gasteiger partial charge in [0.05, 0.1) is 22.3 Å². The van der Waals surface area contributed by atoms with Crippen LogP contribution >= 0.6 is 0 Å². The number of furan rings is 1. The molecule has 10 nitrogen and oxygen atoms in total. The Hall–Kier alpha value is -4.34. The van der Waals surface area contributed by atoms with E-state index in [2.05, 4.69) is 21.0 Å². The van der Waals surface area contributed by atoms with Gasteiger partial charge >= 0.3 is 0 Å². The average Bonchev–Trinajstić information content (AvgIpc) is 3.37. The van der Waals surface area contributed by atoms with Crippen LogP contribution in [0.2, 0.25) is 0 Å². The molecule has 4 heterocycles. The molecule has 168 valence electrons. The van der Waals surface area contributed by atoms with Crippen LogP contribution in [0.4, 0.5) is 0 Å². The molecular formula is C23H20N4O6. The Morgan fingerprint density at radius 2 is 1.85 bits per heavy atom. The van der Waals surface area contributed by atoms with E-state index in [1.807, 2.05) is 26.0 Å². The van der Waals surface area contributed by atoms with Gasteiger partial charge in [-0.1, -0.05) is 17.3 Å². The summed E-state index contributed by atoms with van der Waals surface area (Å²) in [5, 5.41) is 4.38. The molecule has 1 aliphatic heterocycles. The van der Waals surface area contributed by atoms with Crippen molar-refractivity contribution in [2.24, 2.45) is 0 Å². The number of carbonyl (C=O) groups excluding carboxylic acids is 2. The monoisotopic (exact) mass is 448 g/mol. The van der Waals surface area contributed by atoms with Gasteiger partial charge in [-0.15, -0.1) is 0 Å². The summed E-state index contributed by atoms with van der Waals surface area (Å²) in [7, 11) is 0. The fourth-order valence-corrected chi connectivity index (χ4v) is 3.71. The van der Waals surface area contributed by atoms with Gasteiger partial charge in [0.2, 0.25) is 6.10 Å². The summed E-state index contributed by atoms with van der Waals surface area (Å²) in [6.45, 7) is 5.36. The number of nitrogens with one attached hydrogen (secondary N) is 2. The highest BCUT2D eigenvalue weighted by atomic mass is 16.6. The van der Waals surface area contributed by atoms with Gasteiger partial charge in [0.25, 0.3) is 17.5 Å². The van der Waals surface area contributed by atoms with Crippen LogP contribution in [-0.4, -0.2) is 34.7 Å². The average molecular weight is 448 g/mol. The molecule has 0 aliphatic carbocycles. The molecule has 1 aromatic carbocycles. The van der Waals surface area contributed by atoms with Crippen LogP contribution in [0.25, 0.3) is 22.4 Å². The molecule has 10 heteroatoms. The fraction of sp³-hybridized carbons (Fsp3) is 0.217. The van der Waals surface area contributed by atoms with Crippen molar-refractivity contribution in [2.75, 3.05) is 6.61 Å². The summed E-state index contributed by atoms with van der Waals surface area (Å²) >= 11 is 0. The number of hydrazine groups is 1. The first-order chi connectivity index (χ1) is 15.9. The molecule has 33 heavy (non-hydrogen) atoms. The molecule has 0 saturated heterocycles. The molecule has 0 spiro atoms. The van der Waals surface area contributed by atoms with E-state index in [0.29, 0.717) is 39.8 Å². The number of hydrogen-bond donors (Lipinski definition) is 2. The van der Waals surface area contributed by atoms with E-state index in [0.717, 1.165) is 5.56 Å². The van der Waals surface area contributed by atoms with Gasteiger partial charge in [-0.2, -0.15) is 0 Å². The Morgan fingerprint density at radius 1 is 1.06 bits per heavy atom. The maximum Gasteiger partial charge on any atom is 0.283 e. The first kappa shape index (κ1) is 20.6. The van der Waals surface area contributed by atoms with E-state index >= 15 is 0 Å². The predicted octanol–water partition coefficient (Wildman–Crippen LogP) is 3.01. The van der Waals surface area contributed by atoms with Crippen molar-refractivity contribution >= 4 is 22.9 Å². The lowest BCUT2D eigenvalue weighted by Crippen LogP contribution is -2.50. The molecule has 3 aromatic heterocycles. The maximum atomic E-state index is 13.0. The van der Waals surface area contributed by atoms with Gasteiger partial charge in [0, 0.05) is 5.56 Å². The van der Waals surface area contributed by atoms with Crippen LogP contribution in [-0.2, 0) is 4.79 Å². The van der Waals surface area contributed by atoms with Crippen LogP contribution in [0.1, 0.15) is 27.6 Å². The first-order valence-electron chi connectivity index (χ1n) is 10.2. The van der Waals surface area contributed by atoms with Crippen molar-refractivity contribution < 1.29 is 28.0 Å². The molecule has 2 amide bonds. The van der Waals surface area contributed by atoms with Crippen LogP contribution in [0, 0.1) is 20.8 Å². The van der Waals surface area contributed by atoms with E-state index in [9.17, 15) is 9.59 Å². The highest BCUT2D eigenvalue weighted by molar-refractivity contribution is 6.07. The number of aryl methyl sites for hydroxylation is 3. The second-order valence-corrected chi connectivity index (χ2v) is 7.64. The van der Waals surface area contributed by atoms with Gasteiger partial charge in [-0.05, 0) is 45.0 Å². The Labute approximate surface area is 187 Å². The highest BCUT2D eigenvalue weighted by Crippen LogP contribution is 2.31. The quantitative estimate of drug-likeness (QED) is 0.458. The minimum Gasteiger partial charge on any atom is -0.485 e. The van der Waals surface area contributed by atoms with Gasteiger partial charge in [-0.25, -0.2) is 4.98 Å². The zero-order chi connectivity index (χ0) is 23.1. The lowest BCUT2D eigenvalue weighted by Gasteiger charge is -2.25. The minimum atomic E-state index is -0.915. The number of rotatable bonds is 3.